The molecular formula is C19H17Cl3N4O2S. The lowest BCUT2D eigenvalue weighted by Crippen LogP contribution is -2.15. The molecule has 1 heterocycles. The van der Waals surface area contributed by atoms with E-state index in [9.17, 15) is 4.79 Å². The lowest BCUT2D eigenvalue weighted by atomic mass is 10.2. The molecule has 10 heteroatoms. The molecule has 152 valence electrons. The number of aromatic nitrogens is 3. The number of anilines is 1. The maximum Gasteiger partial charge on any atom is 0.234 e. The summed E-state index contributed by atoms with van der Waals surface area (Å²) in [7, 11) is 1.82. The summed E-state index contributed by atoms with van der Waals surface area (Å²) in [6.45, 7) is 2.16. The van der Waals surface area contributed by atoms with E-state index < -0.39 is 0 Å². The minimum absolute atomic E-state index is 0.145. The standard InChI is InChI=1S/C19H17Cl3N4O2S/c1-11-8-12(6-7-13(11)20)28-9-16-24-25-19(26(16)2)29-10-17(27)23-15-5-3-4-14(21)18(15)22/h3-8H,9-10H2,1-2H3,(H,23,27). The monoisotopic (exact) mass is 470 g/mol. The first-order valence-electron chi connectivity index (χ1n) is 8.49. The average molecular weight is 472 g/mol. The van der Waals surface area contributed by atoms with Gasteiger partial charge in [-0.25, -0.2) is 0 Å². The molecule has 29 heavy (non-hydrogen) atoms. The lowest BCUT2D eigenvalue weighted by Gasteiger charge is -2.09. The van der Waals surface area contributed by atoms with Crippen molar-refractivity contribution in [1.29, 1.82) is 0 Å². The summed E-state index contributed by atoms with van der Waals surface area (Å²) in [4.78, 5) is 12.2. The van der Waals surface area contributed by atoms with Gasteiger partial charge in [-0.05, 0) is 42.8 Å². The number of amides is 1. The number of rotatable bonds is 7. The number of carbonyl (C=O) groups is 1. The summed E-state index contributed by atoms with van der Waals surface area (Å²) in [6.07, 6.45) is 0. The van der Waals surface area contributed by atoms with Crippen LogP contribution in [-0.4, -0.2) is 26.4 Å². The van der Waals surface area contributed by atoms with Crippen molar-refractivity contribution in [2.75, 3.05) is 11.1 Å². The number of hydrogen-bond donors (Lipinski definition) is 1. The fourth-order valence-corrected chi connectivity index (χ4v) is 3.56. The molecule has 1 aromatic heterocycles. The van der Waals surface area contributed by atoms with Crippen molar-refractivity contribution in [3.05, 3.63) is 62.9 Å². The normalized spacial score (nSPS) is 10.8. The molecule has 0 saturated heterocycles. The van der Waals surface area contributed by atoms with Gasteiger partial charge in [-0.2, -0.15) is 0 Å². The topological polar surface area (TPSA) is 69.0 Å². The molecule has 0 aliphatic carbocycles. The quantitative estimate of drug-likeness (QED) is 0.468. The first-order valence-corrected chi connectivity index (χ1v) is 10.6. The van der Waals surface area contributed by atoms with Crippen molar-refractivity contribution in [1.82, 2.24) is 14.8 Å². The van der Waals surface area contributed by atoms with E-state index in [4.69, 9.17) is 39.5 Å². The summed E-state index contributed by atoms with van der Waals surface area (Å²) in [5.74, 6) is 1.25. The van der Waals surface area contributed by atoms with Gasteiger partial charge in [0, 0.05) is 12.1 Å². The van der Waals surface area contributed by atoms with E-state index >= 15 is 0 Å². The van der Waals surface area contributed by atoms with Gasteiger partial charge in [0.1, 0.15) is 12.4 Å². The van der Waals surface area contributed by atoms with Crippen molar-refractivity contribution in [2.24, 2.45) is 7.05 Å². The van der Waals surface area contributed by atoms with Crippen LogP contribution in [0.25, 0.3) is 0 Å². The van der Waals surface area contributed by atoms with Crippen molar-refractivity contribution in [3.8, 4) is 5.75 Å². The zero-order valence-electron chi connectivity index (χ0n) is 15.6. The number of benzene rings is 2. The number of aryl methyl sites for hydroxylation is 1. The largest absolute Gasteiger partial charge is 0.486 e. The Morgan fingerprint density at radius 1 is 1.17 bits per heavy atom. The third-order valence-electron chi connectivity index (χ3n) is 3.98. The Kier molecular flexibility index (Phi) is 7.29. The lowest BCUT2D eigenvalue weighted by molar-refractivity contribution is -0.113. The first-order chi connectivity index (χ1) is 13.8. The molecule has 3 rings (SSSR count). The van der Waals surface area contributed by atoms with Crippen LogP contribution in [0.4, 0.5) is 5.69 Å². The number of thioether (sulfide) groups is 1. The molecule has 6 nitrogen and oxygen atoms in total. The molecule has 2 aromatic carbocycles. The van der Waals surface area contributed by atoms with Crippen molar-refractivity contribution < 1.29 is 9.53 Å². The number of hydrogen-bond acceptors (Lipinski definition) is 5. The molecule has 0 aliphatic heterocycles. The summed E-state index contributed by atoms with van der Waals surface area (Å²) in [5, 5.41) is 13.0. The van der Waals surface area contributed by atoms with Crippen LogP contribution < -0.4 is 10.1 Å². The third kappa shape index (κ3) is 5.57. The molecule has 0 spiro atoms. The van der Waals surface area contributed by atoms with Gasteiger partial charge in [-0.15, -0.1) is 10.2 Å². The summed E-state index contributed by atoms with van der Waals surface area (Å²) < 4.78 is 7.54. The first kappa shape index (κ1) is 21.8. The highest BCUT2D eigenvalue weighted by Gasteiger charge is 2.13. The molecule has 0 unspecified atom stereocenters. The fourth-order valence-electron chi connectivity index (χ4n) is 2.37. The molecule has 1 amide bonds. The molecule has 0 fully saturated rings. The number of nitrogens with one attached hydrogen (secondary N) is 1. The van der Waals surface area contributed by atoms with Gasteiger partial charge >= 0.3 is 0 Å². The SMILES string of the molecule is Cc1cc(OCc2nnc(SCC(=O)Nc3cccc(Cl)c3Cl)n2C)ccc1Cl. The van der Waals surface area contributed by atoms with Crippen molar-refractivity contribution in [3.63, 3.8) is 0 Å². The zero-order chi connectivity index (χ0) is 21.0. The smallest absolute Gasteiger partial charge is 0.234 e. The Morgan fingerprint density at radius 2 is 1.97 bits per heavy atom. The van der Waals surface area contributed by atoms with Gasteiger partial charge in [0.05, 0.1) is 21.5 Å². The maximum atomic E-state index is 12.2. The Morgan fingerprint density at radius 3 is 2.72 bits per heavy atom. The van der Waals surface area contributed by atoms with Gasteiger partial charge in [-0.1, -0.05) is 52.6 Å². The summed E-state index contributed by atoms with van der Waals surface area (Å²) in [6, 6.07) is 10.5. The second kappa shape index (κ2) is 9.71. The predicted molar refractivity (Wildman–Crippen MR) is 117 cm³/mol. The van der Waals surface area contributed by atoms with E-state index in [2.05, 4.69) is 15.5 Å². The highest BCUT2D eigenvalue weighted by Crippen LogP contribution is 2.29. The molecule has 0 radical (unpaired) electrons. The molecule has 0 aliphatic rings. The average Bonchev–Trinajstić information content (AvgIpc) is 3.04. The number of carbonyl (C=O) groups excluding carboxylic acids is 1. The van der Waals surface area contributed by atoms with Crippen LogP contribution in [0.1, 0.15) is 11.4 Å². The molecular weight excluding hydrogens is 455 g/mol. The van der Waals surface area contributed by atoms with Crippen molar-refractivity contribution >= 4 is 58.2 Å². The maximum absolute atomic E-state index is 12.2. The third-order valence-corrected chi connectivity index (χ3v) is 6.24. The van der Waals surface area contributed by atoms with E-state index in [1.165, 1.54) is 11.8 Å². The molecule has 1 N–H and O–H groups in total. The van der Waals surface area contributed by atoms with Crippen molar-refractivity contribution in [2.45, 2.75) is 18.7 Å². The highest BCUT2D eigenvalue weighted by molar-refractivity contribution is 7.99. The van der Waals surface area contributed by atoms with Gasteiger partial charge in [0.2, 0.25) is 5.91 Å². The van der Waals surface area contributed by atoms with Gasteiger partial charge in [0.25, 0.3) is 0 Å². The summed E-state index contributed by atoms with van der Waals surface area (Å²) in [5.41, 5.74) is 1.40. The van der Waals surface area contributed by atoms with Crippen LogP contribution in [0, 0.1) is 6.92 Å². The minimum Gasteiger partial charge on any atom is -0.486 e. The molecule has 0 saturated carbocycles. The van der Waals surface area contributed by atoms with Crippen LogP contribution in [0.15, 0.2) is 41.6 Å². The van der Waals surface area contributed by atoms with Crippen LogP contribution in [0.2, 0.25) is 15.1 Å². The van der Waals surface area contributed by atoms with Crippen LogP contribution in [0.5, 0.6) is 5.75 Å². The van der Waals surface area contributed by atoms with E-state index in [-0.39, 0.29) is 18.3 Å². The second-order valence-electron chi connectivity index (χ2n) is 6.10. The van der Waals surface area contributed by atoms with E-state index in [0.717, 1.165) is 5.56 Å². The van der Waals surface area contributed by atoms with E-state index in [1.807, 2.05) is 20.0 Å². The molecule has 0 atom stereocenters. The Bertz CT molecular complexity index is 1040. The van der Waals surface area contributed by atoms with E-state index in [1.54, 1.807) is 34.9 Å². The minimum atomic E-state index is -0.225. The van der Waals surface area contributed by atoms with Gasteiger partial charge < -0.3 is 14.6 Å². The highest BCUT2D eigenvalue weighted by atomic mass is 35.5. The Balaban J connectivity index is 1.55. The number of nitrogens with zero attached hydrogens (tertiary/aromatic N) is 3. The second-order valence-corrected chi connectivity index (χ2v) is 8.23. The van der Waals surface area contributed by atoms with Crippen LogP contribution in [-0.2, 0) is 18.4 Å². The number of halogens is 3. The fraction of sp³-hybridized carbons (Fsp3) is 0.211. The van der Waals surface area contributed by atoms with E-state index in [0.29, 0.717) is 37.5 Å². The van der Waals surface area contributed by atoms with Gasteiger partial charge in [0.15, 0.2) is 11.0 Å². The predicted octanol–water partition coefficient (Wildman–Crippen LogP) is 5.39. The Hall–Kier alpha value is -1.93. The summed E-state index contributed by atoms with van der Waals surface area (Å²) >= 11 is 19.3. The number of ether oxygens (including phenoxy) is 1. The molecule has 3 aromatic rings. The van der Waals surface area contributed by atoms with Crippen LogP contribution in [0.3, 0.4) is 0 Å². The van der Waals surface area contributed by atoms with Gasteiger partial charge in [-0.3, -0.25) is 4.79 Å². The zero-order valence-corrected chi connectivity index (χ0v) is 18.7. The van der Waals surface area contributed by atoms with Crippen LogP contribution >= 0.6 is 46.6 Å². The molecule has 0 bridgehead atoms. The Labute approximate surface area is 187 Å².